The van der Waals surface area contributed by atoms with Crippen molar-refractivity contribution in [2.24, 2.45) is 0 Å². The first-order valence-corrected chi connectivity index (χ1v) is 12.5. The third kappa shape index (κ3) is 4.61. The second kappa shape index (κ2) is 8.39. The minimum absolute atomic E-state index is 0.149. The Balaban J connectivity index is 1.56. The minimum Gasteiger partial charge on any atom is -0.255 e. The molecular formula is C21H14Br2N2O2S2. The molecule has 4 rings (SSSR count). The van der Waals surface area contributed by atoms with Crippen LogP contribution in [0.25, 0.3) is 22.4 Å². The Labute approximate surface area is 190 Å². The highest BCUT2D eigenvalue weighted by Crippen LogP contribution is 2.31. The molecule has 0 bridgehead atoms. The molecule has 0 saturated carbocycles. The molecule has 1 aromatic heterocycles. The molecule has 146 valence electrons. The van der Waals surface area contributed by atoms with E-state index in [0.29, 0.717) is 14.1 Å². The summed E-state index contributed by atoms with van der Waals surface area (Å²) in [5.41, 5.74) is 3.91. The summed E-state index contributed by atoms with van der Waals surface area (Å²) < 4.78 is 29.2. The van der Waals surface area contributed by atoms with Crippen molar-refractivity contribution in [3.8, 4) is 22.4 Å². The van der Waals surface area contributed by atoms with Crippen LogP contribution in [-0.4, -0.2) is 13.4 Å². The fourth-order valence-electron chi connectivity index (χ4n) is 2.77. The molecule has 4 nitrogen and oxygen atoms in total. The van der Waals surface area contributed by atoms with Gasteiger partial charge in [-0.25, -0.2) is 13.4 Å². The minimum atomic E-state index is -3.76. The molecule has 1 N–H and O–H groups in total. The summed E-state index contributed by atoms with van der Waals surface area (Å²) in [7, 11) is -3.76. The van der Waals surface area contributed by atoms with Crippen LogP contribution in [0.2, 0.25) is 0 Å². The number of hydrogen-bond donors (Lipinski definition) is 1. The molecule has 0 spiro atoms. The number of nitrogens with one attached hydrogen (secondary N) is 1. The van der Waals surface area contributed by atoms with Gasteiger partial charge >= 0.3 is 0 Å². The van der Waals surface area contributed by atoms with Gasteiger partial charge < -0.3 is 0 Å². The van der Waals surface area contributed by atoms with Crippen molar-refractivity contribution in [3.63, 3.8) is 0 Å². The van der Waals surface area contributed by atoms with Crippen molar-refractivity contribution >= 4 is 58.4 Å². The molecule has 0 fully saturated rings. The molecule has 8 heteroatoms. The van der Waals surface area contributed by atoms with Crippen molar-refractivity contribution in [1.29, 1.82) is 0 Å². The predicted molar refractivity (Wildman–Crippen MR) is 126 cm³/mol. The summed E-state index contributed by atoms with van der Waals surface area (Å²) in [6, 6.07) is 23.2. The van der Waals surface area contributed by atoms with Crippen LogP contribution in [0.3, 0.4) is 0 Å². The predicted octanol–water partition coefficient (Wildman–Crippen LogP) is 6.80. The fraction of sp³-hybridized carbons (Fsp3) is 0. The highest BCUT2D eigenvalue weighted by Gasteiger charge is 2.20. The van der Waals surface area contributed by atoms with Gasteiger partial charge in [0.05, 0.1) is 5.69 Å². The topological polar surface area (TPSA) is 59.1 Å². The lowest BCUT2D eigenvalue weighted by Gasteiger charge is -2.07. The highest BCUT2D eigenvalue weighted by atomic mass is 79.9. The number of hydrogen-bond acceptors (Lipinski definition) is 4. The third-order valence-corrected chi connectivity index (χ3v) is 7.91. The zero-order valence-electron chi connectivity index (χ0n) is 14.8. The fourth-order valence-corrected chi connectivity index (χ4v) is 6.25. The monoisotopic (exact) mass is 548 g/mol. The maximum absolute atomic E-state index is 12.7. The summed E-state index contributed by atoms with van der Waals surface area (Å²) >= 11 is 7.84. The van der Waals surface area contributed by atoms with E-state index in [1.54, 1.807) is 18.2 Å². The average molecular weight is 550 g/mol. The van der Waals surface area contributed by atoms with Crippen LogP contribution in [0.5, 0.6) is 0 Å². The van der Waals surface area contributed by atoms with Crippen LogP contribution in [0.1, 0.15) is 0 Å². The normalized spacial score (nSPS) is 11.4. The molecule has 0 radical (unpaired) electrons. The Morgan fingerprint density at radius 3 is 2.21 bits per heavy atom. The summed E-state index contributed by atoms with van der Waals surface area (Å²) in [5.74, 6) is 0. The molecule has 0 amide bonds. The molecule has 0 saturated heterocycles. The van der Waals surface area contributed by atoms with E-state index in [9.17, 15) is 8.42 Å². The van der Waals surface area contributed by atoms with Crippen molar-refractivity contribution in [2.45, 2.75) is 4.90 Å². The maximum atomic E-state index is 12.7. The van der Waals surface area contributed by atoms with Gasteiger partial charge in [-0.05, 0) is 45.3 Å². The quantitative estimate of drug-likeness (QED) is 0.297. The van der Waals surface area contributed by atoms with Gasteiger partial charge in [0.15, 0.2) is 5.13 Å². The number of rotatable bonds is 5. The van der Waals surface area contributed by atoms with E-state index in [4.69, 9.17) is 0 Å². The van der Waals surface area contributed by atoms with E-state index < -0.39 is 10.0 Å². The molecule has 0 aliphatic carbocycles. The number of nitrogens with zero attached hydrogens (tertiary/aromatic N) is 1. The number of thiazole rings is 1. The zero-order valence-corrected chi connectivity index (χ0v) is 19.6. The summed E-state index contributed by atoms with van der Waals surface area (Å²) in [6.07, 6.45) is 0. The van der Waals surface area contributed by atoms with E-state index >= 15 is 0 Å². The SMILES string of the molecule is O=S(=O)(Nc1nc(-c2ccc(-c3ccccc3)cc2)cs1)c1cc(Br)ccc1Br. The molecule has 0 unspecified atom stereocenters. The van der Waals surface area contributed by atoms with Crippen LogP contribution in [0, 0.1) is 0 Å². The Kier molecular flexibility index (Phi) is 5.87. The number of sulfonamides is 1. The Morgan fingerprint density at radius 2 is 1.48 bits per heavy atom. The molecule has 1 heterocycles. The smallest absolute Gasteiger partial charge is 0.255 e. The van der Waals surface area contributed by atoms with Gasteiger partial charge in [0.25, 0.3) is 10.0 Å². The first kappa shape index (κ1) is 20.3. The standard InChI is InChI=1S/C21H14Br2N2O2S2/c22-17-10-11-18(23)20(12-17)29(26,27)25-21-24-19(13-28-21)16-8-6-15(7-9-16)14-4-2-1-3-5-14/h1-13H,(H,24,25). The van der Waals surface area contributed by atoms with Crippen LogP contribution in [0.4, 0.5) is 5.13 Å². The molecule has 3 aromatic carbocycles. The molecule has 0 aliphatic rings. The van der Waals surface area contributed by atoms with Gasteiger partial charge in [-0.1, -0.05) is 70.5 Å². The molecule has 0 aliphatic heterocycles. The number of halogens is 2. The van der Waals surface area contributed by atoms with E-state index in [2.05, 4.69) is 53.7 Å². The van der Waals surface area contributed by atoms with Gasteiger partial charge in [0.2, 0.25) is 0 Å². The van der Waals surface area contributed by atoms with Crippen molar-refractivity contribution in [1.82, 2.24) is 4.98 Å². The van der Waals surface area contributed by atoms with Crippen LogP contribution in [0.15, 0.2) is 92.0 Å². The Hall–Kier alpha value is -2.00. The zero-order chi connectivity index (χ0) is 20.4. The Bertz CT molecular complexity index is 1260. The lowest BCUT2D eigenvalue weighted by atomic mass is 10.0. The van der Waals surface area contributed by atoms with E-state index in [1.807, 2.05) is 47.8 Å². The maximum Gasteiger partial charge on any atom is 0.264 e. The molecule has 4 aromatic rings. The highest BCUT2D eigenvalue weighted by molar-refractivity contribution is 9.11. The molecule has 0 atom stereocenters. The van der Waals surface area contributed by atoms with Gasteiger partial charge in [0, 0.05) is 19.9 Å². The van der Waals surface area contributed by atoms with E-state index in [1.165, 1.54) is 11.3 Å². The van der Waals surface area contributed by atoms with Crippen molar-refractivity contribution in [2.75, 3.05) is 4.72 Å². The Morgan fingerprint density at radius 1 is 0.828 bits per heavy atom. The molecule has 29 heavy (non-hydrogen) atoms. The van der Waals surface area contributed by atoms with E-state index in [-0.39, 0.29) is 4.90 Å². The molecular weight excluding hydrogens is 536 g/mol. The lowest BCUT2D eigenvalue weighted by Crippen LogP contribution is -2.13. The van der Waals surface area contributed by atoms with Crippen LogP contribution in [-0.2, 0) is 10.0 Å². The summed E-state index contributed by atoms with van der Waals surface area (Å²) in [5, 5.41) is 2.16. The lowest BCUT2D eigenvalue weighted by molar-refractivity contribution is 0.600. The number of anilines is 1. The second-order valence-corrected chi connectivity index (χ2v) is 10.4. The third-order valence-electron chi connectivity index (χ3n) is 4.20. The van der Waals surface area contributed by atoms with Gasteiger partial charge in [-0.2, -0.15) is 0 Å². The number of aromatic nitrogens is 1. The average Bonchev–Trinajstić information content (AvgIpc) is 3.18. The summed E-state index contributed by atoms with van der Waals surface area (Å²) in [4.78, 5) is 4.60. The van der Waals surface area contributed by atoms with Crippen LogP contribution < -0.4 is 4.72 Å². The van der Waals surface area contributed by atoms with E-state index in [0.717, 1.165) is 22.4 Å². The summed E-state index contributed by atoms with van der Waals surface area (Å²) in [6.45, 7) is 0. The number of benzene rings is 3. The van der Waals surface area contributed by atoms with Gasteiger partial charge in [0.1, 0.15) is 4.90 Å². The first-order chi connectivity index (χ1) is 13.9. The van der Waals surface area contributed by atoms with Crippen molar-refractivity contribution in [3.05, 3.63) is 87.1 Å². The largest absolute Gasteiger partial charge is 0.264 e. The van der Waals surface area contributed by atoms with Gasteiger partial charge in [-0.3, -0.25) is 4.72 Å². The first-order valence-electron chi connectivity index (χ1n) is 8.52. The van der Waals surface area contributed by atoms with Crippen molar-refractivity contribution < 1.29 is 8.42 Å². The van der Waals surface area contributed by atoms with Crippen LogP contribution >= 0.6 is 43.2 Å². The van der Waals surface area contributed by atoms with Gasteiger partial charge in [-0.15, -0.1) is 11.3 Å². The second-order valence-electron chi connectivity index (χ2n) is 6.16.